The lowest BCUT2D eigenvalue weighted by atomic mass is 10.3. The second-order valence-corrected chi connectivity index (χ2v) is 3.51. The largest absolute Gasteiger partial charge is 0.323 e. The van der Waals surface area contributed by atoms with Crippen LogP contribution in [0.15, 0.2) is 41.1 Å². The van der Waals surface area contributed by atoms with Crippen LogP contribution in [0.5, 0.6) is 0 Å². The van der Waals surface area contributed by atoms with Crippen LogP contribution in [0, 0.1) is 0 Å². The van der Waals surface area contributed by atoms with Crippen LogP contribution in [-0.2, 0) is 0 Å². The van der Waals surface area contributed by atoms with Gasteiger partial charge in [-0.25, -0.2) is 4.98 Å². The molecule has 0 saturated heterocycles. The van der Waals surface area contributed by atoms with Crippen molar-refractivity contribution in [2.75, 3.05) is 5.32 Å². The minimum Gasteiger partial charge on any atom is -0.323 e. The van der Waals surface area contributed by atoms with Crippen molar-refractivity contribution in [3.8, 4) is 0 Å². The number of nitrogens with one attached hydrogen (secondary N) is 1. The summed E-state index contributed by atoms with van der Waals surface area (Å²) in [6, 6.07) is 7.75. The molecule has 1 aromatic heterocycles. The van der Waals surface area contributed by atoms with E-state index in [0.29, 0.717) is 5.95 Å². The van der Waals surface area contributed by atoms with Gasteiger partial charge < -0.3 is 5.32 Å². The Bertz CT molecular complexity index is 401. The highest BCUT2D eigenvalue weighted by Crippen LogP contribution is 2.16. The normalized spacial score (nSPS) is 9.79. The van der Waals surface area contributed by atoms with Crippen LogP contribution in [0.4, 0.5) is 11.6 Å². The van der Waals surface area contributed by atoms with Crippen molar-refractivity contribution in [1.82, 2.24) is 15.2 Å². The Hall–Kier alpha value is -1.49. The molecule has 0 aliphatic carbocycles. The van der Waals surface area contributed by atoms with E-state index >= 15 is 0 Å². The number of hydrogen-bond donors (Lipinski definition) is 1. The molecule has 1 aromatic carbocycles. The lowest BCUT2D eigenvalue weighted by Gasteiger charge is -2.02. The van der Waals surface area contributed by atoms with Gasteiger partial charge in [-0.3, -0.25) is 0 Å². The summed E-state index contributed by atoms with van der Waals surface area (Å²) in [5.74, 6) is 0.495. The average molecular weight is 251 g/mol. The summed E-state index contributed by atoms with van der Waals surface area (Å²) in [6.07, 6.45) is 3.13. The molecule has 0 saturated carbocycles. The number of nitrogens with zero attached hydrogens (tertiary/aromatic N) is 3. The van der Waals surface area contributed by atoms with Gasteiger partial charge in [0, 0.05) is 10.2 Å². The van der Waals surface area contributed by atoms with Gasteiger partial charge >= 0.3 is 0 Å². The van der Waals surface area contributed by atoms with Gasteiger partial charge in [0.1, 0.15) is 0 Å². The zero-order valence-corrected chi connectivity index (χ0v) is 8.77. The molecule has 0 aliphatic heterocycles. The molecule has 5 heteroatoms. The van der Waals surface area contributed by atoms with Crippen molar-refractivity contribution >= 4 is 27.6 Å². The first-order valence-corrected chi connectivity index (χ1v) is 4.80. The maximum absolute atomic E-state index is 4.00. The van der Waals surface area contributed by atoms with E-state index in [1.165, 1.54) is 6.20 Å². The fourth-order valence-corrected chi connectivity index (χ4v) is 1.23. The lowest BCUT2D eigenvalue weighted by Crippen LogP contribution is -1.96. The van der Waals surface area contributed by atoms with E-state index in [1.54, 1.807) is 6.20 Å². The van der Waals surface area contributed by atoms with Crippen LogP contribution in [-0.4, -0.2) is 15.2 Å². The summed E-state index contributed by atoms with van der Waals surface area (Å²) in [4.78, 5) is 4.00. The molecule has 1 heterocycles. The number of halogens is 1. The summed E-state index contributed by atoms with van der Waals surface area (Å²) >= 11 is 3.36. The quantitative estimate of drug-likeness (QED) is 0.890. The van der Waals surface area contributed by atoms with Crippen molar-refractivity contribution in [3.05, 3.63) is 41.1 Å². The van der Waals surface area contributed by atoms with Crippen LogP contribution in [0.2, 0.25) is 0 Å². The van der Waals surface area contributed by atoms with E-state index in [0.717, 1.165) is 10.2 Å². The van der Waals surface area contributed by atoms with Gasteiger partial charge in [0.25, 0.3) is 0 Å². The number of hydrogen-bond acceptors (Lipinski definition) is 4. The number of aromatic nitrogens is 3. The molecule has 0 radical (unpaired) electrons. The second-order valence-electron chi connectivity index (χ2n) is 2.60. The van der Waals surface area contributed by atoms with Crippen molar-refractivity contribution in [3.63, 3.8) is 0 Å². The first kappa shape index (κ1) is 9.08. The molecule has 2 rings (SSSR count). The standard InChI is InChI=1S/C9H7BrN4/c10-7-1-3-8(4-2-7)13-9-11-5-6-12-14-9/h1-6H,(H,11,13,14). The van der Waals surface area contributed by atoms with Gasteiger partial charge in [0.2, 0.25) is 5.95 Å². The van der Waals surface area contributed by atoms with Crippen molar-refractivity contribution < 1.29 is 0 Å². The molecule has 0 bridgehead atoms. The van der Waals surface area contributed by atoms with Gasteiger partial charge in [-0.2, -0.15) is 5.10 Å². The maximum Gasteiger partial charge on any atom is 0.247 e. The smallest absolute Gasteiger partial charge is 0.247 e. The third-order valence-corrected chi connectivity index (χ3v) is 2.11. The molecule has 0 fully saturated rings. The summed E-state index contributed by atoms with van der Waals surface area (Å²) in [7, 11) is 0. The van der Waals surface area contributed by atoms with Crippen LogP contribution in [0.1, 0.15) is 0 Å². The zero-order chi connectivity index (χ0) is 9.80. The highest BCUT2D eigenvalue weighted by molar-refractivity contribution is 9.10. The first-order valence-electron chi connectivity index (χ1n) is 4.01. The highest BCUT2D eigenvalue weighted by atomic mass is 79.9. The fraction of sp³-hybridized carbons (Fsp3) is 0. The van der Waals surface area contributed by atoms with Crippen LogP contribution >= 0.6 is 15.9 Å². The molecule has 0 spiro atoms. The number of anilines is 2. The zero-order valence-electron chi connectivity index (χ0n) is 7.18. The predicted octanol–water partition coefficient (Wildman–Crippen LogP) is 2.38. The van der Waals surface area contributed by atoms with E-state index in [2.05, 4.69) is 36.4 Å². The van der Waals surface area contributed by atoms with Crippen molar-refractivity contribution in [2.24, 2.45) is 0 Å². The van der Waals surface area contributed by atoms with Gasteiger partial charge in [-0.05, 0) is 24.3 Å². The van der Waals surface area contributed by atoms with Crippen LogP contribution in [0.25, 0.3) is 0 Å². The summed E-state index contributed by atoms with van der Waals surface area (Å²) in [5, 5.41) is 10.6. The topological polar surface area (TPSA) is 50.7 Å². The Labute approximate surface area is 89.5 Å². The minimum atomic E-state index is 0.495. The molecule has 0 unspecified atom stereocenters. The molecule has 0 aliphatic rings. The summed E-state index contributed by atoms with van der Waals surface area (Å²) in [5.41, 5.74) is 0.932. The molecular formula is C9H7BrN4. The van der Waals surface area contributed by atoms with Gasteiger partial charge in [-0.1, -0.05) is 15.9 Å². The molecule has 0 atom stereocenters. The van der Waals surface area contributed by atoms with Gasteiger partial charge in [0.05, 0.1) is 12.4 Å². The Morgan fingerprint density at radius 2 is 1.86 bits per heavy atom. The summed E-state index contributed by atoms with van der Waals surface area (Å²) < 4.78 is 1.04. The van der Waals surface area contributed by atoms with E-state index in [9.17, 15) is 0 Å². The Kier molecular flexibility index (Phi) is 2.69. The average Bonchev–Trinajstić information content (AvgIpc) is 2.23. The molecule has 14 heavy (non-hydrogen) atoms. The number of rotatable bonds is 2. The van der Waals surface area contributed by atoms with E-state index < -0.39 is 0 Å². The van der Waals surface area contributed by atoms with E-state index in [4.69, 9.17) is 0 Å². The van der Waals surface area contributed by atoms with Crippen LogP contribution < -0.4 is 5.32 Å². The third kappa shape index (κ3) is 2.26. The molecular weight excluding hydrogens is 244 g/mol. The SMILES string of the molecule is Brc1ccc(Nc2nccnn2)cc1. The van der Waals surface area contributed by atoms with Crippen molar-refractivity contribution in [2.45, 2.75) is 0 Å². The number of benzene rings is 1. The second kappa shape index (κ2) is 4.15. The Morgan fingerprint density at radius 3 is 2.50 bits per heavy atom. The maximum atomic E-state index is 4.00. The van der Waals surface area contributed by atoms with E-state index in [1.807, 2.05) is 24.3 Å². The molecule has 70 valence electrons. The third-order valence-electron chi connectivity index (χ3n) is 1.58. The Balaban J connectivity index is 2.16. The van der Waals surface area contributed by atoms with Gasteiger partial charge in [-0.15, -0.1) is 5.10 Å². The highest BCUT2D eigenvalue weighted by Gasteiger charge is 1.95. The molecule has 4 nitrogen and oxygen atoms in total. The monoisotopic (exact) mass is 250 g/mol. The Morgan fingerprint density at radius 1 is 1.07 bits per heavy atom. The van der Waals surface area contributed by atoms with Crippen LogP contribution in [0.3, 0.4) is 0 Å². The lowest BCUT2D eigenvalue weighted by molar-refractivity contribution is 0.978. The van der Waals surface area contributed by atoms with Gasteiger partial charge in [0.15, 0.2) is 0 Å². The molecule has 0 amide bonds. The molecule has 2 aromatic rings. The molecule has 1 N–H and O–H groups in total. The van der Waals surface area contributed by atoms with Crippen molar-refractivity contribution in [1.29, 1.82) is 0 Å². The predicted molar refractivity (Wildman–Crippen MR) is 57.3 cm³/mol. The minimum absolute atomic E-state index is 0.495. The summed E-state index contributed by atoms with van der Waals surface area (Å²) in [6.45, 7) is 0. The fourth-order valence-electron chi connectivity index (χ4n) is 0.967. The first-order chi connectivity index (χ1) is 6.84. The van der Waals surface area contributed by atoms with E-state index in [-0.39, 0.29) is 0 Å².